The van der Waals surface area contributed by atoms with Crippen molar-refractivity contribution in [1.82, 2.24) is 20.9 Å². The number of benzene rings is 1. The molecular formula is C19H34IN5O2. The predicted molar refractivity (Wildman–Crippen MR) is 122 cm³/mol. The first kappa shape index (κ1) is 25.6. The molecule has 0 aliphatic rings. The Morgan fingerprint density at radius 1 is 1.11 bits per heavy atom. The molecule has 0 fully saturated rings. The number of hydrogen-bond acceptors (Lipinski definition) is 4. The lowest BCUT2D eigenvalue weighted by atomic mass is 10.2. The summed E-state index contributed by atoms with van der Waals surface area (Å²) in [7, 11) is 3.81. The van der Waals surface area contributed by atoms with Crippen LogP contribution in [0.1, 0.15) is 23.7 Å². The molecule has 3 N–H and O–H groups in total. The average molecular weight is 491 g/mol. The highest BCUT2D eigenvalue weighted by Gasteiger charge is 2.03. The number of likely N-dealkylation sites (N-methyl/N-ethyl adjacent to an activating group) is 1. The second-order valence-electron chi connectivity index (χ2n) is 5.96. The van der Waals surface area contributed by atoms with E-state index in [1.807, 2.05) is 25.1 Å². The van der Waals surface area contributed by atoms with Crippen LogP contribution in [0.5, 0.6) is 0 Å². The molecule has 0 heterocycles. The number of halogens is 1. The van der Waals surface area contributed by atoms with Gasteiger partial charge in [-0.25, -0.2) is 0 Å². The Bertz CT molecular complexity index is 528. The summed E-state index contributed by atoms with van der Waals surface area (Å²) >= 11 is 0. The number of rotatable bonds is 12. The van der Waals surface area contributed by atoms with E-state index in [0.717, 1.165) is 45.2 Å². The molecule has 0 bridgehead atoms. The average Bonchev–Trinajstić information content (AvgIpc) is 2.66. The van der Waals surface area contributed by atoms with E-state index in [-0.39, 0.29) is 29.9 Å². The summed E-state index contributed by atoms with van der Waals surface area (Å²) in [6.45, 7) is 7.38. The number of methoxy groups -OCH3 is 1. The topological polar surface area (TPSA) is 78.0 Å². The van der Waals surface area contributed by atoms with Crippen molar-refractivity contribution in [3.8, 4) is 0 Å². The summed E-state index contributed by atoms with van der Waals surface area (Å²) in [4.78, 5) is 18.8. The van der Waals surface area contributed by atoms with Gasteiger partial charge in [0.1, 0.15) is 0 Å². The van der Waals surface area contributed by atoms with Gasteiger partial charge >= 0.3 is 0 Å². The second-order valence-corrected chi connectivity index (χ2v) is 5.96. The molecule has 27 heavy (non-hydrogen) atoms. The molecule has 0 saturated carbocycles. The highest BCUT2D eigenvalue weighted by molar-refractivity contribution is 14.0. The van der Waals surface area contributed by atoms with Crippen molar-refractivity contribution < 1.29 is 9.53 Å². The minimum absolute atomic E-state index is 0. The van der Waals surface area contributed by atoms with Gasteiger partial charge in [-0.15, -0.1) is 24.0 Å². The Balaban J connectivity index is 0.00000676. The third kappa shape index (κ3) is 12.6. The first-order valence-corrected chi connectivity index (χ1v) is 9.20. The van der Waals surface area contributed by atoms with E-state index in [4.69, 9.17) is 4.74 Å². The van der Waals surface area contributed by atoms with Gasteiger partial charge in [0.25, 0.3) is 5.91 Å². The molecule has 8 heteroatoms. The number of carbonyl (C=O) groups excluding carboxylic acids is 1. The van der Waals surface area contributed by atoms with E-state index < -0.39 is 0 Å². The van der Waals surface area contributed by atoms with E-state index in [2.05, 4.69) is 32.9 Å². The molecule has 7 nitrogen and oxygen atoms in total. The van der Waals surface area contributed by atoms with Crippen LogP contribution < -0.4 is 16.0 Å². The molecule has 0 aromatic heterocycles. The van der Waals surface area contributed by atoms with Gasteiger partial charge in [-0.2, -0.15) is 0 Å². The molecule has 0 aliphatic heterocycles. The van der Waals surface area contributed by atoms with Crippen LogP contribution in [-0.4, -0.2) is 76.8 Å². The van der Waals surface area contributed by atoms with Gasteiger partial charge in [-0.3, -0.25) is 9.79 Å². The fraction of sp³-hybridized carbons (Fsp3) is 0.579. The van der Waals surface area contributed by atoms with Crippen molar-refractivity contribution in [2.75, 3.05) is 60.0 Å². The molecule has 0 atom stereocenters. The van der Waals surface area contributed by atoms with Crippen molar-refractivity contribution in [1.29, 1.82) is 0 Å². The fourth-order valence-electron chi connectivity index (χ4n) is 2.31. The number of hydrogen-bond donors (Lipinski definition) is 3. The van der Waals surface area contributed by atoms with E-state index in [1.165, 1.54) is 0 Å². The monoisotopic (exact) mass is 491 g/mol. The number of nitrogens with zero attached hydrogens (tertiary/aromatic N) is 2. The van der Waals surface area contributed by atoms with Crippen LogP contribution in [-0.2, 0) is 4.74 Å². The Hall–Kier alpha value is -1.39. The zero-order valence-corrected chi connectivity index (χ0v) is 19.0. The van der Waals surface area contributed by atoms with Crippen LogP contribution in [0.3, 0.4) is 0 Å². The predicted octanol–water partition coefficient (Wildman–Crippen LogP) is 1.56. The van der Waals surface area contributed by atoms with E-state index in [9.17, 15) is 4.79 Å². The molecule has 1 rings (SSSR count). The highest BCUT2D eigenvalue weighted by atomic mass is 127. The normalized spacial score (nSPS) is 11.0. The summed E-state index contributed by atoms with van der Waals surface area (Å²) in [5.74, 6) is 0.707. The highest BCUT2D eigenvalue weighted by Crippen LogP contribution is 1.97. The summed E-state index contributed by atoms with van der Waals surface area (Å²) in [5, 5.41) is 9.35. The number of nitrogens with one attached hydrogen (secondary N) is 3. The summed E-state index contributed by atoms with van der Waals surface area (Å²) in [6, 6.07) is 9.21. The van der Waals surface area contributed by atoms with Gasteiger partial charge in [0.05, 0.1) is 6.54 Å². The minimum Gasteiger partial charge on any atom is -0.385 e. The van der Waals surface area contributed by atoms with Crippen molar-refractivity contribution >= 4 is 35.8 Å². The smallest absolute Gasteiger partial charge is 0.251 e. The number of carbonyl (C=O) groups is 1. The van der Waals surface area contributed by atoms with Crippen LogP contribution in [0.15, 0.2) is 35.3 Å². The molecule has 0 aliphatic carbocycles. The Kier molecular flexibility index (Phi) is 15.9. The van der Waals surface area contributed by atoms with Gasteiger partial charge in [0.15, 0.2) is 5.96 Å². The van der Waals surface area contributed by atoms with Crippen LogP contribution in [0.4, 0.5) is 0 Å². The lowest BCUT2D eigenvalue weighted by molar-refractivity contribution is 0.0954. The Labute approximate surface area is 180 Å². The van der Waals surface area contributed by atoms with Crippen LogP contribution in [0.2, 0.25) is 0 Å². The zero-order chi connectivity index (χ0) is 19.0. The fourth-order valence-corrected chi connectivity index (χ4v) is 2.31. The lowest BCUT2D eigenvalue weighted by Gasteiger charge is -2.16. The van der Waals surface area contributed by atoms with Gasteiger partial charge in [0.2, 0.25) is 0 Å². The van der Waals surface area contributed by atoms with E-state index >= 15 is 0 Å². The summed E-state index contributed by atoms with van der Waals surface area (Å²) < 4.78 is 5.06. The minimum atomic E-state index is -0.0629. The van der Waals surface area contributed by atoms with E-state index in [0.29, 0.717) is 18.7 Å². The van der Waals surface area contributed by atoms with Crippen molar-refractivity contribution in [3.63, 3.8) is 0 Å². The summed E-state index contributed by atoms with van der Waals surface area (Å²) in [5.41, 5.74) is 0.671. The van der Waals surface area contributed by atoms with Gasteiger partial charge in [0, 0.05) is 52.0 Å². The van der Waals surface area contributed by atoms with Gasteiger partial charge < -0.3 is 25.6 Å². The quantitative estimate of drug-likeness (QED) is 0.179. The van der Waals surface area contributed by atoms with Crippen molar-refractivity contribution in [2.45, 2.75) is 13.3 Å². The molecule has 154 valence electrons. The van der Waals surface area contributed by atoms with Crippen molar-refractivity contribution in [2.24, 2.45) is 4.99 Å². The van der Waals surface area contributed by atoms with Crippen LogP contribution >= 0.6 is 24.0 Å². The molecular weight excluding hydrogens is 457 g/mol. The largest absolute Gasteiger partial charge is 0.385 e. The molecule has 0 unspecified atom stereocenters. The Morgan fingerprint density at radius 2 is 1.81 bits per heavy atom. The van der Waals surface area contributed by atoms with Gasteiger partial charge in [-0.1, -0.05) is 18.2 Å². The maximum Gasteiger partial charge on any atom is 0.251 e. The maximum atomic E-state index is 12.0. The SMILES string of the molecule is CCNC(=NCCN(C)CCCOC)NCCNC(=O)c1ccccc1.I. The summed E-state index contributed by atoms with van der Waals surface area (Å²) in [6.07, 6.45) is 1.02. The number of ether oxygens (including phenoxy) is 1. The number of guanidine groups is 1. The standard InChI is InChI=1S/C19H33N5O2.HI/c1-4-20-19(23-13-15-24(2)14-8-16-26-3)22-12-11-21-18(25)17-9-6-5-7-10-17;/h5-7,9-10H,4,8,11-16H2,1-3H3,(H,21,25)(H2,20,22,23);1H. The maximum absolute atomic E-state index is 12.0. The molecule has 1 aromatic carbocycles. The number of aliphatic imine (C=N–C) groups is 1. The molecule has 0 spiro atoms. The van der Waals surface area contributed by atoms with Crippen LogP contribution in [0.25, 0.3) is 0 Å². The van der Waals surface area contributed by atoms with Gasteiger partial charge in [-0.05, 0) is 32.5 Å². The third-order valence-electron chi connectivity index (χ3n) is 3.72. The first-order chi connectivity index (χ1) is 12.7. The molecule has 1 aromatic rings. The third-order valence-corrected chi connectivity index (χ3v) is 3.72. The van der Waals surface area contributed by atoms with Crippen LogP contribution in [0, 0.1) is 0 Å². The zero-order valence-electron chi connectivity index (χ0n) is 16.7. The van der Waals surface area contributed by atoms with Crippen molar-refractivity contribution in [3.05, 3.63) is 35.9 Å². The molecule has 0 saturated heterocycles. The first-order valence-electron chi connectivity index (χ1n) is 9.20. The molecule has 0 radical (unpaired) electrons. The second kappa shape index (κ2) is 16.8. The number of amides is 1. The molecule has 1 amide bonds. The Morgan fingerprint density at radius 3 is 2.48 bits per heavy atom. The van der Waals surface area contributed by atoms with E-state index in [1.54, 1.807) is 19.2 Å². The lowest BCUT2D eigenvalue weighted by Crippen LogP contribution is -2.42.